The number of nitrogens with two attached hydrogens (primary N) is 1. The highest BCUT2D eigenvalue weighted by atomic mass is 16.5. The first-order valence-electron chi connectivity index (χ1n) is 5.97. The fourth-order valence-corrected chi connectivity index (χ4v) is 2.80. The number of nitrogens with zero attached hydrogens (tertiary/aromatic N) is 1. The first-order valence-corrected chi connectivity index (χ1v) is 5.97. The third kappa shape index (κ3) is 3.67. The fraction of sp³-hybridized carbons (Fsp3) is 0.917. The van der Waals surface area contributed by atoms with Gasteiger partial charge < -0.3 is 15.7 Å². The van der Waals surface area contributed by atoms with E-state index in [2.05, 4.69) is 25.9 Å². The Kier molecular flexibility index (Phi) is 4.19. The number of rotatable bonds is 3. The number of hydrogen-bond acceptors (Lipinski definition) is 3. The lowest BCUT2D eigenvalue weighted by molar-refractivity contribution is -0.0372. The van der Waals surface area contributed by atoms with Gasteiger partial charge in [0, 0.05) is 0 Å². The molecule has 94 valence electrons. The van der Waals surface area contributed by atoms with E-state index in [1.54, 1.807) is 0 Å². The second-order valence-corrected chi connectivity index (χ2v) is 5.84. The van der Waals surface area contributed by atoms with Crippen LogP contribution >= 0.6 is 0 Å². The van der Waals surface area contributed by atoms with Crippen LogP contribution in [0.3, 0.4) is 0 Å². The Labute approximate surface area is 97.8 Å². The molecule has 0 aromatic rings. The molecule has 0 heterocycles. The average Bonchev–Trinajstić information content (AvgIpc) is 2.12. The second kappa shape index (κ2) is 5.04. The van der Waals surface area contributed by atoms with Crippen LogP contribution in [0.15, 0.2) is 5.16 Å². The standard InChI is InChI=1S/C12H24N2O2/c1-8-5-10(7-12(3,4)6-8)16-9(2)11(13)14-15/h8-10,15H,5-7H2,1-4H3,(H2,13,14). The molecular formula is C12H24N2O2. The highest BCUT2D eigenvalue weighted by molar-refractivity contribution is 5.83. The molecule has 3 unspecified atom stereocenters. The summed E-state index contributed by atoms with van der Waals surface area (Å²) in [4.78, 5) is 0. The molecule has 0 spiro atoms. The van der Waals surface area contributed by atoms with Gasteiger partial charge in [-0.3, -0.25) is 0 Å². The van der Waals surface area contributed by atoms with Crippen LogP contribution in [0.25, 0.3) is 0 Å². The van der Waals surface area contributed by atoms with Crippen LogP contribution < -0.4 is 5.73 Å². The summed E-state index contributed by atoms with van der Waals surface area (Å²) >= 11 is 0. The lowest BCUT2D eigenvalue weighted by atomic mass is 9.71. The summed E-state index contributed by atoms with van der Waals surface area (Å²) < 4.78 is 5.83. The first-order chi connectivity index (χ1) is 7.34. The van der Waals surface area contributed by atoms with Gasteiger partial charge in [0.15, 0.2) is 5.84 Å². The molecule has 0 aromatic carbocycles. The van der Waals surface area contributed by atoms with Crippen molar-refractivity contribution in [2.75, 3.05) is 0 Å². The smallest absolute Gasteiger partial charge is 0.168 e. The van der Waals surface area contributed by atoms with Crippen LogP contribution in [0, 0.1) is 11.3 Å². The van der Waals surface area contributed by atoms with E-state index in [-0.39, 0.29) is 18.0 Å². The van der Waals surface area contributed by atoms with Gasteiger partial charge in [-0.1, -0.05) is 25.9 Å². The van der Waals surface area contributed by atoms with Crippen molar-refractivity contribution in [2.24, 2.45) is 22.2 Å². The van der Waals surface area contributed by atoms with Gasteiger partial charge >= 0.3 is 0 Å². The van der Waals surface area contributed by atoms with Crippen LogP contribution in [-0.4, -0.2) is 23.3 Å². The molecule has 0 saturated heterocycles. The highest BCUT2D eigenvalue weighted by Crippen LogP contribution is 2.39. The predicted molar refractivity (Wildman–Crippen MR) is 64.5 cm³/mol. The third-order valence-corrected chi connectivity index (χ3v) is 3.28. The van der Waals surface area contributed by atoms with Crippen molar-refractivity contribution in [3.63, 3.8) is 0 Å². The molecule has 0 amide bonds. The zero-order chi connectivity index (χ0) is 12.3. The summed E-state index contributed by atoms with van der Waals surface area (Å²) in [5.41, 5.74) is 5.84. The van der Waals surface area contributed by atoms with Crippen molar-refractivity contribution in [3.05, 3.63) is 0 Å². The van der Waals surface area contributed by atoms with Crippen molar-refractivity contribution < 1.29 is 9.94 Å². The van der Waals surface area contributed by atoms with Crippen molar-refractivity contribution in [1.29, 1.82) is 0 Å². The normalized spacial score (nSPS) is 32.4. The predicted octanol–water partition coefficient (Wildman–Crippen LogP) is 2.35. The van der Waals surface area contributed by atoms with Gasteiger partial charge in [0.25, 0.3) is 0 Å². The zero-order valence-electron chi connectivity index (χ0n) is 10.7. The summed E-state index contributed by atoms with van der Waals surface area (Å²) in [6.07, 6.45) is 3.25. The van der Waals surface area contributed by atoms with E-state index in [0.29, 0.717) is 11.3 Å². The summed E-state index contributed by atoms with van der Waals surface area (Å²) in [5.74, 6) is 0.823. The molecule has 3 N–H and O–H groups in total. The van der Waals surface area contributed by atoms with Gasteiger partial charge in [-0.2, -0.15) is 0 Å². The van der Waals surface area contributed by atoms with Gasteiger partial charge in [-0.15, -0.1) is 0 Å². The molecule has 1 fully saturated rings. The molecule has 4 heteroatoms. The Morgan fingerprint density at radius 1 is 1.50 bits per heavy atom. The Bertz CT molecular complexity index is 264. The quantitative estimate of drug-likeness (QED) is 0.337. The zero-order valence-corrected chi connectivity index (χ0v) is 10.7. The van der Waals surface area contributed by atoms with E-state index >= 15 is 0 Å². The van der Waals surface area contributed by atoms with Crippen molar-refractivity contribution in [1.82, 2.24) is 0 Å². The van der Waals surface area contributed by atoms with E-state index in [0.717, 1.165) is 12.8 Å². The number of ether oxygens (including phenoxy) is 1. The van der Waals surface area contributed by atoms with Gasteiger partial charge in [-0.25, -0.2) is 0 Å². The second-order valence-electron chi connectivity index (χ2n) is 5.84. The summed E-state index contributed by atoms with van der Waals surface area (Å²) in [5, 5.41) is 11.6. The van der Waals surface area contributed by atoms with Crippen molar-refractivity contribution in [2.45, 2.75) is 59.2 Å². The van der Waals surface area contributed by atoms with E-state index in [9.17, 15) is 0 Å². The molecule has 3 atom stereocenters. The maximum absolute atomic E-state index is 8.57. The van der Waals surface area contributed by atoms with Gasteiger partial charge in [0.05, 0.1) is 6.10 Å². The molecule has 1 saturated carbocycles. The molecule has 1 aliphatic rings. The van der Waals surface area contributed by atoms with Crippen LogP contribution in [0.1, 0.15) is 47.0 Å². The van der Waals surface area contributed by atoms with Crippen LogP contribution in [-0.2, 0) is 4.74 Å². The number of amidine groups is 1. The summed E-state index contributed by atoms with van der Waals surface area (Å²) in [6.45, 7) is 8.62. The van der Waals surface area contributed by atoms with Gasteiger partial charge in [-0.05, 0) is 37.5 Å². The molecular weight excluding hydrogens is 204 g/mol. The van der Waals surface area contributed by atoms with Crippen LogP contribution in [0.2, 0.25) is 0 Å². The Morgan fingerprint density at radius 3 is 2.62 bits per heavy atom. The summed E-state index contributed by atoms with van der Waals surface area (Å²) in [6, 6.07) is 0. The number of hydrogen-bond donors (Lipinski definition) is 2. The molecule has 1 rings (SSSR count). The Morgan fingerprint density at radius 2 is 2.12 bits per heavy atom. The molecule has 16 heavy (non-hydrogen) atoms. The number of oxime groups is 1. The highest BCUT2D eigenvalue weighted by Gasteiger charge is 2.33. The third-order valence-electron chi connectivity index (χ3n) is 3.28. The van der Waals surface area contributed by atoms with E-state index < -0.39 is 0 Å². The average molecular weight is 228 g/mol. The fourth-order valence-electron chi connectivity index (χ4n) is 2.80. The van der Waals surface area contributed by atoms with E-state index in [1.165, 1.54) is 6.42 Å². The minimum Gasteiger partial charge on any atom is -0.409 e. The molecule has 0 aliphatic heterocycles. The Balaban J connectivity index is 2.54. The van der Waals surface area contributed by atoms with Crippen LogP contribution in [0.4, 0.5) is 0 Å². The molecule has 0 radical (unpaired) electrons. The maximum atomic E-state index is 8.57. The molecule has 1 aliphatic carbocycles. The topological polar surface area (TPSA) is 67.8 Å². The molecule has 0 bridgehead atoms. The monoisotopic (exact) mass is 228 g/mol. The summed E-state index contributed by atoms with van der Waals surface area (Å²) in [7, 11) is 0. The van der Waals surface area contributed by atoms with Gasteiger partial charge in [0.2, 0.25) is 0 Å². The van der Waals surface area contributed by atoms with Crippen molar-refractivity contribution >= 4 is 5.84 Å². The SMILES string of the molecule is CC1CC(OC(C)C(N)=NO)CC(C)(C)C1. The van der Waals surface area contributed by atoms with E-state index in [4.69, 9.17) is 15.7 Å². The minimum absolute atomic E-state index is 0.149. The molecule has 0 aromatic heterocycles. The Hall–Kier alpha value is -0.770. The lowest BCUT2D eigenvalue weighted by Gasteiger charge is -2.39. The minimum atomic E-state index is -0.309. The first kappa shape index (κ1) is 13.3. The largest absolute Gasteiger partial charge is 0.409 e. The molecule has 4 nitrogen and oxygen atoms in total. The van der Waals surface area contributed by atoms with Crippen molar-refractivity contribution in [3.8, 4) is 0 Å². The van der Waals surface area contributed by atoms with Gasteiger partial charge in [0.1, 0.15) is 6.10 Å². The van der Waals surface area contributed by atoms with E-state index in [1.807, 2.05) is 6.92 Å². The maximum Gasteiger partial charge on any atom is 0.168 e. The van der Waals surface area contributed by atoms with Crippen LogP contribution in [0.5, 0.6) is 0 Å². The lowest BCUT2D eigenvalue weighted by Crippen LogP contribution is -2.38.